The highest BCUT2D eigenvalue weighted by molar-refractivity contribution is 7.20. The molecule has 0 bridgehead atoms. The molecule has 1 amide bonds. The molecule has 1 aliphatic heterocycles. The van der Waals surface area contributed by atoms with Crippen LogP contribution in [0.5, 0.6) is 0 Å². The Bertz CT molecular complexity index is 1050. The predicted octanol–water partition coefficient (Wildman–Crippen LogP) is 3.27. The van der Waals surface area contributed by atoms with Crippen molar-refractivity contribution in [1.82, 2.24) is 10.2 Å². The predicted molar refractivity (Wildman–Crippen MR) is 115 cm³/mol. The first-order valence-electron chi connectivity index (χ1n) is 8.89. The van der Waals surface area contributed by atoms with Crippen molar-refractivity contribution in [3.8, 4) is 11.8 Å². The van der Waals surface area contributed by atoms with Crippen LogP contribution in [0.1, 0.15) is 29.3 Å². The van der Waals surface area contributed by atoms with Gasteiger partial charge in [0.15, 0.2) is 5.96 Å². The third-order valence-electron chi connectivity index (χ3n) is 5.04. The standard InChI is InChI=1S/C22H23N3O2S/c1-14(22(3)13-20(27)25(4)21(23)24-22)7-9-18-15(2)17-12-16(6-5-11-26)8-10-19(17)28-18/h7-10,12,26H,1,11,13H2,2-4H3,(H2,23,24)/b9-7-/t22-/m0/s1. The second-order valence-corrected chi connectivity index (χ2v) is 8.14. The van der Waals surface area contributed by atoms with E-state index in [9.17, 15) is 4.79 Å². The maximum Gasteiger partial charge on any atom is 0.231 e. The molecule has 1 aliphatic rings. The largest absolute Gasteiger partial charge is 0.384 e. The van der Waals surface area contributed by atoms with Gasteiger partial charge >= 0.3 is 0 Å². The van der Waals surface area contributed by atoms with Gasteiger partial charge in [-0.15, -0.1) is 11.3 Å². The van der Waals surface area contributed by atoms with Crippen molar-refractivity contribution >= 4 is 39.4 Å². The Hall–Kier alpha value is -2.88. The first-order valence-corrected chi connectivity index (χ1v) is 9.70. The summed E-state index contributed by atoms with van der Waals surface area (Å²) in [6.45, 7) is 7.94. The molecule has 2 aromatic rings. The number of fused-ring (bicyclic) bond motifs is 1. The summed E-state index contributed by atoms with van der Waals surface area (Å²) in [6.07, 6.45) is 4.19. The third kappa shape index (κ3) is 3.72. The summed E-state index contributed by atoms with van der Waals surface area (Å²) in [4.78, 5) is 14.6. The van der Waals surface area contributed by atoms with E-state index in [0.29, 0.717) is 0 Å². The molecule has 3 rings (SSSR count). The van der Waals surface area contributed by atoms with Gasteiger partial charge < -0.3 is 10.4 Å². The highest BCUT2D eigenvalue weighted by atomic mass is 32.1. The maximum absolute atomic E-state index is 12.1. The SMILES string of the molecule is C=C(/C=C\c1sc2ccc(C#CCO)cc2c1C)[C@]1(C)CC(=O)N(C)C(=N)N1. The van der Waals surface area contributed by atoms with Gasteiger partial charge in [0.2, 0.25) is 5.91 Å². The molecule has 3 N–H and O–H groups in total. The molecule has 6 heteroatoms. The van der Waals surface area contributed by atoms with Crippen molar-refractivity contribution in [2.75, 3.05) is 13.7 Å². The first-order chi connectivity index (χ1) is 13.2. The fourth-order valence-corrected chi connectivity index (χ4v) is 4.20. The van der Waals surface area contributed by atoms with Crippen molar-refractivity contribution in [2.45, 2.75) is 25.8 Å². The van der Waals surface area contributed by atoms with Crippen LogP contribution in [-0.2, 0) is 4.79 Å². The van der Waals surface area contributed by atoms with Crippen LogP contribution in [0.25, 0.3) is 16.2 Å². The number of hydrogen-bond acceptors (Lipinski definition) is 4. The lowest BCUT2D eigenvalue weighted by Gasteiger charge is -2.39. The van der Waals surface area contributed by atoms with E-state index >= 15 is 0 Å². The summed E-state index contributed by atoms with van der Waals surface area (Å²) in [5.74, 6) is 5.60. The lowest BCUT2D eigenvalue weighted by molar-refractivity contribution is -0.128. The molecule has 0 spiro atoms. The number of benzene rings is 1. The Labute approximate surface area is 168 Å². The van der Waals surface area contributed by atoms with E-state index in [1.807, 2.05) is 37.3 Å². The van der Waals surface area contributed by atoms with Gasteiger partial charge in [-0.05, 0) is 54.6 Å². The molecule has 1 aromatic carbocycles. The second kappa shape index (κ2) is 7.63. The summed E-state index contributed by atoms with van der Waals surface area (Å²) in [5.41, 5.74) is 2.11. The lowest BCUT2D eigenvalue weighted by Crippen LogP contribution is -2.60. The Morgan fingerprint density at radius 2 is 2.29 bits per heavy atom. The number of aryl methyl sites for hydroxylation is 1. The molecular weight excluding hydrogens is 370 g/mol. The van der Waals surface area contributed by atoms with Crippen molar-refractivity contribution in [2.24, 2.45) is 0 Å². The number of carbonyl (C=O) groups excluding carboxylic acids is 1. The fraction of sp³-hybridized carbons (Fsp3) is 0.273. The van der Waals surface area contributed by atoms with E-state index in [1.54, 1.807) is 18.4 Å². The molecule has 144 valence electrons. The van der Waals surface area contributed by atoms with Gasteiger partial charge in [-0.1, -0.05) is 24.5 Å². The molecule has 1 saturated heterocycles. The van der Waals surface area contributed by atoms with E-state index in [4.69, 9.17) is 10.5 Å². The molecule has 0 unspecified atom stereocenters. The van der Waals surface area contributed by atoms with Crippen molar-refractivity contribution in [3.63, 3.8) is 0 Å². The zero-order valence-corrected chi connectivity index (χ0v) is 17.0. The molecule has 5 nitrogen and oxygen atoms in total. The Kier molecular flexibility index (Phi) is 5.41. The average molecular weight is 394 g/mol. The number of rotatable bonds is 3. The number of thiophene rings is 1. The van der Waals surface area contributed by atoms with Gasteiger partial charge in [-0.3, -0.25) is 15.1 Å². The minimum atomic E-state index is -0.672. The average Bonchev–Trinajstić information content (AvgIpc) is 2.97. The molecule has 2 heterocycles. The van der Waals surface area contributed by atoms with E-state index < -0.39 is 5.54 Å². The fourth-order valence-electron chi connectivity index (χ4n) is 3.11. The number of aliphatic hydroxyl groups is 1. The molecular formula is C22H23N3O2S. The Morgan fingerprint density at radius 1 is 1.54 bits per heavy atom. The smallest absolute Gasteiger partial charge is 0.231 e. The van der Waals surface area contributed by atoms with Crippen LogP contribution >= 0.6 is 11.3 Å². The first kappa shape index (κ1) is 19.9. The van der Waals surface area contributed by atoms with Crippen LogP contribution in [-0.4, -0.2) is 41.1 Å². The quantitative estimate of drug-likeness (QED) is 0.553. The zero-order valence-electron chi connectivity index (χ0n) is 16.2. The van der Waals surface area contributed by atoms with Crippen molar-refractivity contribution < 1.29 is 9.90 Å². The lowest BCUT2D eigenvalue weighted by atomic mass is 9.87. The summed E-state index contributed by atoms with van der Waals surface area (Å²) in [7, 11) is 1.59. The van der Waals surface area contributed by atoms with Crippen LogP contribution < -0.4 is 5.32 Å². The highest BCUT2D eigenvalue weighted by Gasteiger charge is 2.37. The zero-order chi connectivity index (χ0) is 20.5. The molecule has 1 fully saturated rings. The van der Waals surface area contributed by atoms with E-state index in [2.05, 4.69) is 30.7 Å². The molecule has 1 aromatic heterocycles. The normalized spacial score (nSPS) is 19.6. The van der Waals surface area contributed by atoms with Gasteiger partial charge in [0.1, 0.15) is 6.61 Å². The van der Waals surface area contributed by atoms with Crippen LogP contribution in [0.15, 0.2) is 36.4 Å². The number of guanidine groups is 1. The highest BCUT2D eigenvalue weighted by Crippen LogP contribution is 2.33. The van der Waals surface area contributed by atoms with E-state index in [0.717, 1.165) is 31.7 Å². The van der Waals surface area contributed by atoms with Crippen LogP contribution in [0.3, 0.4) is 0 Å². The molecule has 0 aliphatic carbocycles. The number of carbonyl (C=O) groups is 1. The van der Waals surface area contributed by atoms with Gasteiger partial charge in [0.25, 0.3) is 0 Å². The van der Waals surface area contributed by atoms with Crippen molar-refractivity contribution in [3.05, 3.63) is 52.4 Å². The Morgan fingerprint density at radius 3 is 2.96 bits per heavy atom. The summed E-state index contributed by atoms with van der Waals surface area (Å²) in [6, 6.07) is 6.03. The topological polar surface area (TPSA) is 76.4 Å². The van der Waals surface area contributed by atoms with Crippen LogP contribution in [0, 0.1) is 24.2 Å². The van der Waals surface area contributed by atoms with Crippen LogP contribution in [0.4, 0.5) is 0 Å². The van der Waals surface area contributed by atoms with Gasteiger partial charge in [-0.25, -0.2) is 0 Å². The number of nitrogens with zero attached hydrogens (tertiary/aromatic N) is 1. The second-order valence-electron chi connectivity index (χ2n) is 7.06. The minimum absolute atomic E-state index is 0.0860. The minimum Gasteiger partial charge on any atom is -0.384 e. The number of aliphatic hydroxyl groups excluding tert-OH is 1. The van der Waals surface area contributed by atoms with Gasteiger partial charge in [-0.2, -0.15) is 0 Å². The monoisotopic (exact) mass is 393 g/mol. The summed E-state index contributed by atoms with van der Waals surface area (Å²) in [5, 5.41) is 21.0. The maximum atomic E-state index is 12.1. The number of nitrogens with one attached hydrogen (secondary N) is 2. The third-order valence-corrected chi connectivity index (χ3v) is 6.28. The summed E-state index contributed by atoms with van der Waals surface area (Å²) >= 11 is 1.68. The van der Waals surface area contributed by atoms with Crippen LogP contribution in [0.2, 0.25) is 0 Å². The molecule has 0 radical (unpaired) electrons. The molecule has 28 heavy (non-hydrogen) atoms. The van der Waals surface area contributed by atoms with E-state index in [-0.39, 0.29) is 24.9 Å². The van der Waals surface area contributed by atoms with E-state index in [1.165, 1.54) is 4.90 Å². The van der Waals surface area contributed by atoms with Crippen molar-refractivity contribution in [1.29, 1.82) is 5.41 Å². The van der Waals surface area contributed by atoms with Gasteiger partial charge in [0.05, 0.1) is 12.0 Å². The number of hydrogen-bond donors (Lipinski definition) is 3. The molecule has 1 atom stereocenters. The van der Waals surface area contributed by atoms with Gasteiger partial charge in [0, 0.05) is 22.2 Å². The summed E-state index contributed by atoms with van der Waals surface area (Å²) < 4.78 is 1.16. The Balaban J connectivity index is 1.86. The number of amides is 1. The molecule has 0 saturated carbocycles.